The van der Waals surface area contributed by atoms with Gasteiger partial charge in [0.15, 0.2) is 0 Å². The van der Waals surface area contributed by atoms with Crippen LogP contribution in [0, 0.1) is 0 Å². The Morgan fingerprint density at radius 3 is 2.37 bits per heavy atom. The molecule has 0 amide bonds. The summed E-state index contributed by atoms with van der Waals surface area (Å²) in [6, 6.07) is 9.90. The van der Waals surface area contributed by atoms with Crippen molar-refractivity contribution in [2.24, 2.45) is 0 Å². The highest BCUT2D eigenvalue weighted by Gasteiger charge is 2.30. The van der Waals surface area contributed by atoms with Crippen LogP contribution in [0.1, 0.15) is 22.4 Å². The first-order valence-corrected chi connectivity index (χ1v) is 9.91. The van der Waals surface area contributed by atoms with Crippen molar-refractivity contribution < 1.29 is 13.2 Å². The van der Waals surface area contributed by atoms with Crippen molar-refractivity contribution in [2.75, 3.05) is 6.54 Å². The number of aromatic nitrogens is 2. The lowest BCUT2D eigenvalue weighted by Gasteiger charge is -2.28. The molecule has 0 radical (unpaired) electrons. The minimum atomic E-state index is -4.42. The van der Waals surface area contributed by atoms with Gasteiger partial charge in [0.25, 0.3) is 5.56 Å². The van der Waals surface area contributed by atoms with Crippen molar-refractivity contribution in [3.05, 3.63) is 85.2 Å². The molecule has 1 N–H and O–H groups in total. The standard InChI is InChI=1S/C21H16Cl2F3N3O/c22-15-7-12(8-16(23)9-15)10-29-6-5-17-18(11-29)27-19(28-20(17)30)13-1-3-14(4-2-13)21(24,25)26/h1-4,7-9H,5-6,10-11H2,(H,27,28,30). The Kier molecular flexibility index (Phi) is 5.61. The molecule has 4 nitrogen and oxygen atoms in total. The molecule has 0 spiro atoms. The van der Waals surface area contributed by atoms with E-state index >= 15 is 0 Å². The maximum absolute atomic E-state index is 12.8. The first-order chi connectivity index (χ1) is 14.2. The second-order valence-electron chi connectivity index (χ2n) is 7.15. The number of nitrogens with one attached hydrogen (secondary N) is 1. The summed E-state index contributed by atoms with van der Waals surface area (Å²) < 4.78 is 38.4. The van der Waals surface area contributed by atoms with Crippen molar-refractivity contribution in [1.29, 1.82) is 0 Å². The van der Waals surface area contributed by atoms with Crippen molar-refractivity contribution in [2.45, 2.75) is 25.7 Å². The largest absolute Gasteiger partial charge is 0.416 e. The van der Waals surface area contributed by atoms with E-state index in [1.165, 1.54) is 12.1 Å². The Bertz CT molecular complexity index is 1120. The molecule has 0 fully saturated rings. The van der Waals surface area contributed by atoms with Gasteiger partial charge in [-0.25, -0.2) is 4.98 Å². The molecule has 30 heavy (non-hydrogen) atoms. The summed E-state index contributed by atoms with van der Waals surface area (Å²) in [5, 5.41) is 1.10. The van der Waals surface area contributed by atoms with Crippen LogP contribution in [0.2, 0.25) is 10.0 Å². The zero-order valence-electron chi connectivity index (χ0n) is 15.6. The number of alkyl halides is 3. The minimum Gasteiger partial charge on any atom is -0.306 e. The lowest BCUT2D eigenvalue weighted by Crippen LogP contribution is -2.35. The zero-order valence-corrected chi connectivity index (χ0v) is 17.1. The van der Waals surface area contributed by atoms with E-state index in [4.69, 9.17) is 23.2 Å². The van der Waals surface area contributed by atoms with Crippen molar-refractivity contribution in [3.63, 3.8) is 0 Å². The summed E-state index contributed by atoms with van der Waals surface area (Å²) in [5.74, 6) is 0.250. The Morgan fingerprint density at radius 2 is 1.73 bits per heavy atom. The third-order valence-corrected chi connectivity index (χ3v) is 5.40. The van der Waals surface area contributed by atoms with Gasteiger partial charge in [-0.15, -0.1) is 0 Å². The van der Waals surface area contributed by atoms with E-state index in [0.717, 1.165) is 17.7 Å². The van der Waals surface area contributed by atoms with Gasteiger partial charge in [0.2, 0.25) is 0 Å². The molecule has 1 aromatic heterocycles. The Balaban J connectivity index is 1.59. The van der Waals surface area contributed by atoms with Crippen molar-refractivity contribution in [3.8, 4) is 11.4 Å². The van der Waals surface area contributed by atoms with Crippen LogP contribution < -0.4 is 5.56 Å². The Morgan fingerprint density at radius 1 is 1.07 bits per heavy atom. The molecule has 0 atom stereocenters. The maximum Gasteiger partial charge on any atom is 0.416 e. The second kappa shape index (κ2) is 8.06. The van der Waals surface area contributed by atoms with Crippen molar-refractivity contribution >= 4 is 23.2 Å². The van der Waals surface area contributed by atoms with Gasteiger partial charge in [0.1, 0.15) is 5.82 Å². The summed E-state index contributed by atoms with van der Waals surface area (Å²) in [4.78, 5) is 21.8. The lowest BCUT2D eigenvalue weighted by molar-refractivity contribution is -0.137. The molecule has 0 unspecified atom stereocenters. The van der Waals surface area contributed by atoms with Crippen LogP contribution in [0.3, 0.4) is 0 Å². The molecule has 2 aromatic carbocycles. The molecule has 1 aliphatic heterocycles. The fourth-order valence-electron chi connectivity index (χ4n) is 3.54. The van der Waals surface area contributed by atoms with E-state index in [0.29, 0.717) is 52.9 Å². The Hall–Kier alpha value is -2.35. The summed E-state index contributed by atoms with van der Waals surface area (Å²) in [7, 11) is 0. The minimum absolute atomic E-state index is 0.250. The third kappa shape index (κ3) is 4.53. The molecular weight excluding hydrogens is 438 g/mol. The summed E-state index contributed by atoms with van der Waals surface area (Å²) in [5.41, 5.74) is 1.57. The van der Waals surface area contributed by atoms with Crippen LogP contribution in [0.5, 0.6) is 0 Å². The van der Waals surface area contributed by atoms with Gasteiger partial charge >= 0.3 is 6.18 Å². The Labute approximate surface area is 180 Å². The van der Waals surface area contributed by atoms with E-state index in [1.54, 1.807) is 6.07 Å². The highest BCUT2D eigenvalue weighted by Crippen LogP contribution is 2.30. The highest BCUT2D eigenvalue weighted by atomic mass is 35.5. The van der Waals surface area contributed by atoms with E-state index in [1.807, 2.05) is 12.1 Å². The third-order valence-electron chi connectivity index (χ3n) is 4.97. The smallest absolute Gasteiger partial charge is 0.306 e. The van der Waals surface area contributed by atoms with Gasteiger partial charge < -0.3 is 4.98 Å². The number of fused-ring (bicyclic) bond motifs is 1. The topological polar surface area (TPSA) is 49.0 Å². The fraction of sp³-hybridized carbons (Fsp3) is 0.238. The summed E-state index contributed by atoms with van der Waals surface area (Å²) in [6.07, 6.45) is -3.89. The molecule has 2 heterocycles. The predicted molar refractivity (Wildman–Crippen MR) is 110 cm³/mol. The van der Waals surface area contributed by atoms with Crippen molar-refractivity contribution in [1.82, 2.24) is 14.9 Å². The van der Waals surface area contributed by atoms with Crippen LogP contribution in [0.4, 0.5) is 13.2 Å². The number of hydrogen-bond acceptors (Lipinski definition) is 3. The normalized spacial score (nSPS) is 14.6. The highest BCUT2D eigenvalue weighted by molar-refractivity contribution is 6.34. The van der Waals surface area contributed by atoms with Crippen LogP contribution in [-0.2, 0) is 25.7 Å². The lowest BCUT2D eigenvalue weighted by atomic mass is 10.0. The molecule has 9 heteroatoms. The number of halogens is 5. The average molecular weight is 454 g/mol. The number of aromatic amines is 1. The predicted octanol–water partition coefficient (Wildman–Crippen LogP) is 5.32. The molecule has 0 aliphatic carbocycles. The summed E-state index contributed by atoms with van der Waals surface area (Å²) in [6.45, 7) is 1.70. The number of benzene rings is 2. The number of H-pyrrole nitrogens is 1. The summed E-state index contributed by atoms with van der Waals surface area (Å²) >= 11 is 12.1. The number of nitrogens with zero attached hydrogens (tertiary/aromatic N) is 2. The van der Waals surface area contributed by atoms with E-state index < -0.39 is 11.7 Å². The van der Waals surface area contributed by atoms with E-state index in [9.17, 15) is 18.0 Å². The number of rotatable bonds is 3. The van der Waals surface area contributed by atoms with Gasteiger partial charge in [-0.05, 0) is 42.3 Å². The first kappa shape index (κ1) is 20.9. The fourth-order valence-corrected chi connectivity index (χ4v) is 4.11. The van der Waals surface area contributed by atoms with Gasteiger partial charge in [0.05, 0.1) is 11.3 Å². The van der Waals surface area contributed by atoms with Gasteiger partial charge in [0, 0.05) is 40.8 Å². The van der Waals surface area contributed by atoms with Gasteiger partial charge in [-0.1, -0.05) is 35.3 Å². The number of hydrogen-bond donors (Lipinski definition) is 1. The second-order valence-corrected chi connectivity index (χ2v) is 8.03. The molecule has 0 saturated heterocycles. The SMILES string of the molecule is O=c1[nH]c(-c2ccc(C(F)(F)F)cc2)nc2c1CCN(Cc1cc(Cl)cc(Cl)c1)C2. The van der Waals surface area contributed by atoms with E-state index in [2.05, 4.69) is 14.9 Å². The van der Waals surface area contributed by atoms with Gasteiger partial charge in [-0.3, -0.25) is 9.69 Å². The average Bonchev–Trinajstić information content (AvgIpc) is 2.66. The molecular formula is C21H16Cl2F3N3O. The molecule has 3 aromatic rings. The van der Waals surface area contributed by atoms with Gasteiger partial charge in [-0.2, -0.15) is 13.2 Å². The molecule has 0 saturated carbocycles. The molecule has 0 bridgehead atoms. The first-order valence-electron chi connectivity index (χ1n) is 9.16. The van der Waals surface area contributed by atoms with Crippen LogP contribution in [-0.4, -0.2) is 21.4 Å². The molecule has 156 valence electrons. The molecule has 4 rings (SSSR count). The van der Waals surface area contributed by atoms with Crippen LogP contribution in [0.25, 0.3) is 11.4 Å². The van der Waals surface area contributed by atoms with Crippen LogP contribution >= 0.6 is 23.2 Å². The maximum atomic E-state index is 12.8. The molecule has 1 aliphatic rings. The van der Waals surface area contributed by atoms with E-state index in [-0.39, 0.29) is 11.4 Å². The van der Waals surface area contributed by atoms with Crippen LogP contribution in [0.15, 0.2) is 47.3 Å². The zero-order chi connectivity index (χ0) is 21.5. The quantitative estimate of drug-likeness (QED) is 0.583. The monoisotopic (exact) mass is 453 g/mol.